The molecule has 8 rings (SSSR count). The van der Waals surface area contributed by atoms with Crippen molar-refractivity contribution in [3.05, 3.63) is 29.8 Å². The van der Waals surface area contributed by atoms with Crippen molar-refractivity contribution in [2.45, 2.75) is 75.3 Å². The maximum Gasteiger partial charge on any atom is 0.415 e. The molecule has 2 aliphatic heterocycles. The molecule has 1 aromatic rings. The van der Waals surface area contributed by atoms with Gasteiger partial charge < -0.3 is 19.1 Å². The smallest absolute Gasteiger partial charge is 0.410 e. The van der Waals surface area contributed by atoms with Gasteiger partial charge in [0.2, 0.25) is 11.6 Å². The second kappa shape index (κ2) is 8.19. The average Bonchev–Trinajstić information content (AvgIpc) is 3.22. The van der Waals surface area contributed by atoms with Crippen LogP contribution >= 0.6 is 0 Å². The number of hydrogen-bond donors (Lipinski definition) is 0. The van der Waals surface area contributed by atoms with Gasteiger partial charge >= 0.3 is 6.09 Å². The van der Waals surface area contributed by atoms with Gasteiger partial charge in [0.1, 0.15) is 5.75 Å². The minimum atomic E-state index is -0.625. The molecule has 184 valence electrons. The van der Waals surface area contributed by atoms with Crippen molar-refractivity contribution in [3.8, 4) is 5.75 Å². The van der Waals surface area contributed by atoms with E-state index in [9.17, 15) is 4.79 Å². The van der Waals surface area contributed by atoms with Crippen molar-refractivity contribution in [1.82, 2.24) is 4.90 Å². The van der Waals surface area contributed by atoms with Crippen molar-refractivity contribution < 1.29 is 28.8 Å². The molecule has 7 heteroatoms. The Morgan fingerprint density at radius 3 is 2.35 bits per heavy atom. The van der Waals surface area contributed by atoms with Gasteiger partial charge in [0.15, 0.2) is 0 Å². The fourth-order valence-corrected chi connectivity index (χ4v) is 7.98. The summed E-state index contributed by atoms with van der Waals surface area (Å²) in [6, 6.07) is 7.97. The summed E-state index contributed by atoms with van der Waals surface area (Å²) < 4.78 is 17.8. The van der Waals surface area contributed by atoms with Crippen molar-refractivity contribution >= 4 is 6.09 Å². The molecule has 1 aromatic carbocycles. The zero-order chi connectivity index (χ0) is 22.8. The van der Waals surface area contributed by atoms with E-state index in [1.807, 2.05) is 12.1 Å². The first-order chi connectivity index (χ1) is 16.6. The van der Waals surface area contributed by atoms with Crippen LogP contribution in [0, 0.1) is 23.7 Å². The van der Waals surface area contributed by atoms with Crippen molar-refractivity contribution in [2.24, 2.45) is 23.7 Å². The maximum atomic E-state index is 12.4. The van der Waals surface area contributed by atoms with Gasteiger partial charge in [0.25, 0.3) is 0 Å². The molecule has 7 fully saturated rings. The highest BCUT2D eigenvalue weighted by Crippen LogP contribution is 2.64. The molecule has 0 radical (unpaired) electrons. The molecule has 2 spiro atoms. The van der Waals surface area contributed by atoms with E-state index in [4.69, 9.17) is 24.0 Å². The van der Waals surface area contributed by atoms with E-state index in [1.165, 1.54) is 37.7 Å². The largest absolute Gasteiger partial charge is 0.415 e. The van der Waals surface area contributed by atoms with Crippen LogP contribution in [0.5, 0.6) is 5.75 Å². The number of hydrogen-bond acceptors (Lipinski definition) is 6. The van der Waals surface area contributed by atoms with E-state index in [2.05, 4.69) is 12.1 Å². The molecule has 0 N–H and O–H groups in total. The number of carbonyl (C=O) groups excluding carboxylic acids is 1. The van der Waals surface area contributed by atoms with E-state index >= 15 is 0 Å². The molecular formula is C27H35NO6. The Labute approximate surface area is 200 Å². The molecule has 34 heavy (non-hydrogen) atoms. The predicted octanol–water partition coefficient (Wildman–Crippen LogP) is 5.00. The van der Waals surface area contributed by atoms with Crippen LogP contribution in [0.4, 0.5) is 4.79 Å². The molecule has 1 amide bonds. The van der Waals surface area contributed by atoms with Crippen LogP contribution in [0.2, 0.25) is 0 Å². The van der Waals surface area contributed by atoms with Crippen molar-refractivity contribution in [3.63, 3.8) is 0 Å². The molecule has 5 saturated carbocycles. The number of nitrogens with zero attached hydrogens (tertiary/aromatic N) is 1. The highest BCUT2D eigenvalue weighted by Gasteiger charge is 2.67. The van der Waals surface area contributed by atoms with Crippen LogP contribution in [0.3, 0.4) is 0 Å². The molecular weight excluding hydrogens is 434 g/mol. The Balaban J connectivity index is 1.02. The van der Waals surface area contributed by atoms with Crippen molar-refractivity contribution in [2.75, 3.05) is 26.3 Å². The van der Waals surface area contributed by atoms with Crippen LogP contribution in [-0.2, 0) is 19.2 Å². The lowest BCUT2D eigenvalue weighted by molar-refractivity contribution is -0.390. The fraction of sp³-hybridized carbons (Fsp3) is 0.741. The van der Waals surface area contributed by atoms with E-state index in [-0.39, 0.29) is 6.09 Å². The van der Waals surface area contributed by atoms with Gasteiger partial charge in [-0.15, -0.1) is 0 Å². The van der Waals surface area contributed by atoms with Gasteiger partial charge in [0.05, 0.1) is 13.2 Å². The second-order valence-electron chi connectivity index (χ2n) is 11.5. The summed E-state index contributed by atoms with van der Waals surface area (Å²) in [4.78, 5) is 26.4. The number of ether oxygens (including phenoxy) is 3. The minimum Gasteiger partial charge on any atom is -0.410 e. The summed E-state index contributed by atoms with van der Waals surface area (Å²) in [7, 11) is 0. The summed E-state index contributed by atoms with van der Waals surface area (Å²) >= 11 is 0. The Morgan fingerprint density at radius 1 is 0.941 bits per heavy atom. The predicted molar refractivity (Wildman–Crippen MR) is 122 cm³/mol. The number of rotatable bonds is 2. The SMILES string of the molecule is O=C(Oc1ccc([C@@H]2CCC[C@]3(C2)OOC2(O3)C3CC4CC(C3)CC2C4)cc1)N1CCOCC1. The first kappa shape index (κ1) is 21.6. The van der Waals surface area contributed by atoms with Crippen LogP contribution in [0.25, 0.3) is 0 Å². The topological polar surface area (TPSA) is 66.5 Å². The molecule has 2 heterocycles. The van der Waals surface area contributed by atoms with Crippen LogP contribution in [0.15, 0.2) is 24.3 Å². The lowest BCUT2D eigenvalue weighted by Gasteiger charge is -2.57. The summed E-state index contributed by atoms with van der Waals surface area (Å²) in [5.41, 5.74) is 1.24. The molecule has 2 saturated heterocycles. The average molecular weight is 470 g/mol. The minimum absolute atomic E-state index is 0.307. The van der Waals surface area contributed by atoms with E-state index in [0.717, 1.165) is 37.5 Å². The first-order valence-electron chi connectivity index (χ1n) is 13.3. The Hall–Kier alpha value is -1.67. The summed E-state index contributed by atoms with van der Waals surface area (Å²) in [5, 5.41) is 0. The number of carbonyl (C=O) groups is 1. The third kappa shape index (κ3) is 3.58. The van der Waals surface area contributed by atoms with Crippen molar-refractivity contribution in [1.29, 1.82) is 0 Å². The summed E-state index contributed by atoms with van der Waals surface area (Å²) in [6.45, 7) is 2.28. The highest BCUT2D eigenvalue weighted by atomic mass is 17.3. The Kier molecular flexibility index (Phi) is 5.20. The standard InChI is InChI=1S/C27H35NO6/c29-25(28-8-10-30-11-9-28)31-24-5-3-20(4-6-24)21-2-1-7-26(17-21)32-27(34-33-26)22-13-18-12-19(15-22)16-23(27)14-18/h3-6,18-19,21-23H,1-2,7-17H2/t18?,19?,21-,22?,23?,26-,27?/m1/s1. The lowest BCUT2D eigenvalue weighted by atomic mass is 9.53. The van der Waals surface area contributed by atoms with Crippen LogP contribution < -0.4 is 4.74 Å². The van der Waals surface area contributed by atoms with Gasteiger partial charge in [-0.05, 0) is 80.4 Å². The number of benzene rings is 1. The van der Waals surface area contributed by atoms with Gasteiger partial charge in [-0.25, -0.2) is 4.79 Å². The van der Waals surface area contributed by atoms with Gasteiger partial charge in [-0.1, -0.05) is 12.1 Å². The molecule has 7 nitrogen and oxygen atoms in total. The maximum absolute atomic E-state index is 12.4. The second-order valence-corrected chi connectivity index (χ2v) is 11.5. The normalized spacial score (nSPS) is 43.1. The van der Waals surface area contributed by atoms with E-state index in [0.29, 0.717) is 49.8 Å². The zero-order valence-electron chi connectivity index (χ0n) is 19.8. The number of amides is 1. The molecule has 0 unspecified atom stereocenters. The van der Waals surface area contributed by atoms with E-state index in [1.54, 1.807) is 4.90 Å². The lowest BCUT2D eigenvalue weighted by Crippen LogP contribution is -2.59. The monoisotopic (exact) mass is 469 g/mol. The van der Waals surface area contributed by atoms with Gasteiger partial charge in [-0.3, -0.25) is 0 Å². The zero-order valence-corrected chi connectivity index (χ0v) is 19.8. The molecule has 7 aliphatic rings. The molecule has 5 aliphatic carbocycles. The number of morpholine rings is 1. The highest BCUT2D eigenvalue weighted by molar-refractivity contribution is 5.70. The quantitative estimate of drug-likeness (QED) is 0.568. The Bertz CT molecular complexity index is 900. The van der Waals surface area contributed by atoms with Gasteiger partial charge in [0, 0.05) is 37.8 Å². The molecule has 0 aromatic heterocycles. The molecule has 4 bridgehead atoms. The third-order valence-corrected chi connectivity index (χ3v) is 9.44. The van der Waals surface area contributed by atoms with Crippen LogP contribution in [-0.4, -0.2) is 48.9 Å². The van der Waals surface area contributed by atoms with E-state index < -0.39 is 11.6 Å². The Morgan fingerprint density at radius 2 is 1.65 bits per heavy atom. The fourth-order valence-electron chi connectivity index (χ4n) is 7.98. The third-order valence-electron chi connectivity index (χ3n) is 9.44. The summed E-state index contributed by atoms with van der Waals surface area (Å²) in [6.07, 6.45) is 9.92. The van der Waals surface area contributed by atoms with Gasteiger partial charge in [-0.2, -0.15) is 9.78 Å². The molecule has 2 atom stereocenters. The first-order valence-corrected chi connectivity index (χ1v) is 13.3. The van der Waals surface area contributed by atoms with Crippen LogP contribution in [0.1, 0.15) is 69.3 Å². The summed E-state index contributed by atoms with van der Waals surface area (Å²) in [5.74, 6) is 2.50.